The van der Waals surface area contributed by atoms with Gasteiger partial charge in [0.2, 0.25) is 5.91 Å². The maximum absolute atomic E-state index is 12.8. The SMILES string of the molecule is O=C(COc1ccc(F)cc1)NCc1ccc2c(c1)CC(=O)N2. The van der Waals surface area contributed by atoms with Gasteiger partial charge in [-0.15, -0.1) is 0 Å². The summed E-state index contributed by atoms with van der Waals surface area (Å²) in [6, 6.07) is 11.1. The molecule has 3 rings (SSSR count). The van der Waals surface area contributed by atoms with E-state index in [0.29, 0.717) is 18.7 Å². The van der Waals surface area contributed by atoms with Gasteiger partial charge in [0.25, 0.3) is 5.91 Å². The number of carbonyl (C=O) groups is 2. The summed E-state index contributed by atoms with van der Waals surface area (Å²) < 4.78 is 18.0. The topological polar surface area (TPSA) is 67.4 Å². The largest absolute Gasteiger partial charge is 0.484 e. The third-order valence-electron chi connectivity index (χ3n) is 3.47. The van der Waals surface area contributed by atoms with Crippen molar-refractivity contribution in [1.29, 1.82) is 0 Å². The van der Waals surface area contributed by atoms with E-state index in [-0.39, 0.29) is 24.2 Å². The van der Waals surface area contributed by atoms with Crippen molar-refractivity contribution >= 4 is 17.5 Å². The molecule has 0 aliphatic carbocycles. The zero-order valence-electron chi connectivity index (χ0n) is 12.3. The first-order valence-electron chi connectivity index (χ1n) is 7.17. The van der Waals surface area contributed by atoms with Crippen LogP contribution in [0.4, 0.5) is 10.1 Å². The van der Waals surface area contributed by atoms with Crippen molar-refractivity contribution in [3.63, 3.8) is 0 Å². The van der Waals surface area contributed by atoms with Gasteiger partial charge < -0.3 is 15.4 Å². The van der Waals surface area contributed by atoms with E-state index in [1.54, 1.807) is 0 Å². The van der Waals surface area contributed by atoms with Gasteiger partial charge in [0.15, 0.2) is 6.61 Å². The highest BCUT2D eigenvalue weighted by molar-refractivity contribution is 5.99. The highest BCUT2D eigenvalue weighted by Gasteiger charge is 2.17. The van der Waals surface area contributed by atoms with Gasteiger partial charge in [0.1, 0.15) is 11.6 Å². The molecule has 0 radical (unpaired) electrons. The minimum Gasteiger partial charge on any atom is -0.484 e. The van der Waals surface area contributed by atoms with Crippen molar-refractivity contribution in [1.82, 2.24) is 5.32 Å². The molecule has 0 atom stereocenters. The first kappa shape index (κ1) is 15.0. The van der Waals surface area contributed by atoms with E-state index in [1.165, 1.54) is 24.3 Å². The van der Waals surface area contributed by atoms with Gasteiger partial charge >= 0.3 is 0 Å². The molecule has 118 valence electrons. The van der Waals surface area contributed by atoms with Crippen LogP contribution < -0.4 is 15.4 Å². The number of ether oxygens (including phenoxy) is 1. The molecule has 5 nitrogen and oxygen atoms in total. The van der Waals surface area contributed by atoms with Gasteiger partial charge in [-0.2, -0.15) is 0 Å². The lowest BCUT2D eigenvalue weighted by Crippen LogP contribution is -2.28. The predicted molar refractivity (Wildman–Crippen MR) is 82.5 cm³/mol. The second kappa shape index (κ2) is 6.48. The lowest BCUT2D eigenvalue weighted by molar-refractivity contribution is -0.123. The molecule has 2 aromatic rings. The van der Waals surface area contributed by atoms with E-state index >= 15 is 0 Å². The fraction of sp³-hybridized carbons (Fsp3) is 0.176. The Labute approximate surface area is 132 Å². The minimum atomic E-state index is -0.355. The summed E-state index contributed by atoms with van der Waals surface area (Å²) in [5.74, 6) is -0.215. The Bertz CT molecular complexity index is 744. The molecule has 1 aliphatic rings. The Morgan fingerprint density at radius 1 is 1.22 bits per heavy atom. The summed E-state index contributed by atoms with van der Waals surface area (Å²) in [7, 11) is 0. The molecule has 23 heavy (non-hydrogen) atoms. The Balaban J connectivity index is 1.48. The van der Waals surface area contributed by atoms with Crippen LogP contribution in [0.1, 0.15) is 11.1 Å². The fourth-order valence-corrected chi connectivity index (χ4v) is 2.32. The van der Waals surface area contributed by atoms with Crippen molar-refractivity contribution in [3.05, 3.63) is 59.4 Å². The van der Waals surface area contributed by atoms with Crippen LogP contribution in [0.3, 0.4) is 0 Å². The number of fused-ring (bicyclic) bond motifs is 1. The van der Waals surface area contributed by atoms with Gasteiger partial charge in [0, 0.05) is 12.2 Å². The van der Waals surface area contributed by atoms with Crippen LogP contribution in [0.5, 0.6) is 5.75 Å². The van der Waals surface area contributed by atoms with E-state index in [2.05, 4.69) is 10.6 Å². The van der Waals surface area contributed by atoms with E-state index in [0.717, 1.165) is 16.8 Å². The first-order chi connectivity index (χ1) is 11.1. The number of nitrogens with one attached hydrogen (secondary N) is 2. The molecule has 1 aliphatic heterocycles. The Kier molecular flexibility index (Phi) is 4.23. The molecule has 6 heteroatoms. The second-order valence-corrected chi connectivity index (χ2v) is 5.24. The summed E-state index contributed by atoms with van der Waals surface area (Å²) in [6.07, 6.45) is 0.366. The summed E-state index contributed by atoms with van der Waals surface area (Å²) >= 11 is 0. The monoisotopic (exact) mass is 314 g/mol. The standard InChI is InChI=1S/C17H15FN2O3/c18-13-2-4-14(5-3-13)23-10-17(22)19-9-11-1-6-15-12(7-11)8-16(21)20-15/h1-7H,8-10H2,(H,19,22)(H,20,21). The molecule has 2 aromatic carbocycles. The van der Waals surface area contributed by atoms with Crippen LogP contribution in [-0.2, 0) is 22.6 Å². The average molecular weight is 314 g/mol. The zero-order chi connectivity index (χ0) is 16.2. The molecule has 0 aromatic heterocycles. The lowest BCUT2D eigenvalue weighted by atomic mass is 10.1. The van der Waals surface area contributed by atoms with Gasteiger partial charge in [-0.3, -0.25) is 9.59 Å². The molecule has 0 fully saturated rings. The van der Waals surface area contributed by atoms with Crippen molar-refractivity contribution in [2.75, 3.05) is 11.9 Å². The molecule has 2 amide bonds. The van der Waals surface area contributed by atoms with E-state index < -0.39 is 0 Å². The Morgan fingerprint density at radius 3 is 2.78 bits per heavy atom. The molecule has 0 saturated carbocycles. The van der Waals surface area contributed by atoms with Gasteiger partial charge in [-0.25, -0.2) is 4.39 Å². The van der Waals surface area contributed by atoms with E-state index in [1.807, 2.05) is 18.2 Å². The molecule has 1 heterocycles. The summed E-state index contributed by atoms with van der Waals surface area (Å²) in [5.41, 5.74) is 2.67. The minimum absolute atomic E-state index is 0.0196. The number of rotatable bonds is 5. The number of carbonyl (C=O) groups excluding carboxylic acids is 2. The second-order valence-electron chi connectivity index (χ2n) is 5.24. The van der Waals surface area contributed by atoms with Crippen molar-refractivity contribution in [2.24, 2.45) is 0 Å². The quantitative estimate of drug-likeness (QED) is 0.887. The highest BCUT2D eigenvalue weighted by Crippen LogP contribution is 2.23. The highest BCUT2D eigenvalue weighted by atomic mass is 19.1. The number of anilines is 1. The van der Waals surface area contributed by atoms with Crippen LogP contribution in [0.15, 0.2) is 42.5 Å². The number of hydrogen-bond acceptors (Lipinski definition) is 3. The van der Waals surface area contributed by atoms with Crippen LogP contribution in [0.2, 0.25) is 0 Å². The third-order valence-corrected chi connectivity index (χ3v) is 3.47. The van der Waals surface area contributed by atoms with Gasteiger partial charge in [-0.05, 0) is 41.5 Å². The first-order valence-corrected chi connectivity index (χ1v) is 7.17. The zero-order valence-corrected chi connectivity index (χ0v) is 12.3. The number of hydrogen-bond donors (Lipinski definition) is 2. The fourth-order valence-electron chi connectivity index (χ4n) is 2.32. The molecule has 0 spiro atoms. The van der Waals surface area contributed by atoms with E-state index in [9.17, 15) is 14.0 Å². The predicted octanol–water partition coefficient (Wildman–Crippen LogP) is 2.02. The van der Waals surface area contributed by atoms with Gasteiger partial charge in [0.05, 0.1) is 6.42 Å². The number of benzene rings is 2. The maximum atomic E-state index is 12.8. The Morgan fingerprint density at radius 2 is 2.00 bits per heavy atom. The molecule has 2 N–H and O–H groups in total. The molecular formula is C17H15FN2O3. The van der Waals surface area contributed by atoms with Gasteiger partial charge in [-0.1, -0.05) is 12.1 Å². The third kappa shape index (κ3) is 3.85. The molecule has 0 saturated heterocycles. The maximum Gasteiger partial charge on any atom is 0.258 e. The lowest BCUT2D eigenvalue weighted by Gasteiger charge is -2.08. The van der Waals surface area contributed by atoms with Crippen LogP contribution in [0, 0.1) is 5.82 Å². The summed E-state index contributed by atoms with van der Waals surface area (Å²) in [4.78, 5) is 23.1. The Hall–Kier alpha value is -2.89. The molecule has 0 unspecified atom stereocenters. The van der Waals surface area contributed by atoms with Crippen molar-refractivity contribution in [2.45, 2.75) is 13.0 Å². The smallest absolute Gasteiger partial charge is 0.258 e. The number of halogens is 1. The van der Waals surface area contributed by atoms with Crippen molar-refractivity contribution < 1.29 is 18.7 Å². The molecule has 0 bridgehead atoms. The average Bonchev–Trinajstić information content (AvgIpc) is 2.91. The number of amides is 2. The van der Waals surface area contributed by atoms with Crippen LogP contribution in [-0.4, -0.2) is 18.4 Å². The summed E-state index contributed by atoms with van der Waals surface area (Å²) in [6.45, 7) is 0.212. The van der Waals surface area contributed by atoms with Crippen molar-refractivity contribution in [3.8, 4) is 5.75 Å². The van der Waals surface area contributed by atoms with Crippen LogP contribution >= 0.6 is 0 Å². The summed E-state index contributed by atoms with van der Waals surface area (Å²) in [5, 5.41) is 5.50. The molecular weight excluding hydrogens is 299 g/mol. The van der Waals surface area contributed by atoms with E-state index in [4.69, 9.17) is 4.74 Å². The normalized spacial score (nSPS) is 12.5. The van der Waals surface area contributed by atoms with Crippen LogP contribution in [0.25, 0.3) is 0 Å².